The van der Waals surface area contributed by atoms with Gasteiger partial charge in [-0.2, -0.15) is 0 Å². The van der Waals surface area contributed by atoms with Crippen molar-refractivity contribution >= 4 is 33.4 Å². The summed E-state index contributed by atoms with van der Waals surface area (Å²) in [6.07, 6.45) is 0. The average molecular weight is 423 g/mol. The summed E-state index contributed by atoms with van der Waals surface area (Å²) < 4.78 is 0.972. The van der Waals surface area contributed by atoms with E-state index in [-0.39, 0.29) is 17.9 Å². The van der Waals surface area contributed by atoms with E-state index in [2.05, 4.69) is 26.6 Å². The van der Waals surface area contributed by atoms with E-state index < -0.39 is 0 Å². The Hall–Kier alpha value is -2.92. The van der Waals surface area contributed by atoms with Gasteiger partial charge in [0.05, 0.1) is 6.04 Å². The summed E-state index contributed by atoms with van der Waals surface area (Å²) in [6, 6.07) is 23.5. The lowest BCUT2D eigenvalue weighted by Crippen LogP contribution is -2.26. The molecule has 0 saturated heterocycles. The van der Waals surface area contributed by atoms with Crippen LogP contribution in [0.25, 0.3) is 0 Å². The molecule has 0 heterocycles. The van der Waals surface area contributed by atoms with E-state index in [1.165, 1.54) is 0 Å². The van der Waals surface area contributed by atoms with Crippen molar-refractivity contribution in [3.05, 3.63) is 100 Å². The third-order valence-electron chi connectivity index (χ3n) is 4.14. The maximum Gasteiger partial charge on any atom is 0.255 e. The molecule has 0 bridgehead atoms. The summed E-state index contributed by atoms with van der Waals surface area (Å²) in [4.78, 5) is 24.6. The molecule has 136 valence electrons. The van der Waals surface area contributed by atoms with Crippen LogP contribution in [0.4, 0.5) is 5.69 Å². The number of carbonyl (C=O) groups is 2. The van der Waals surface area contributed by atoms with Crippen molar-refractivity contribution in [2.45, 2.75) is 13.0 Å². The van der Waals surface area contributed by atoms with E-state index in [1.54, 1.807) is 36.4 Å². The zero-order valence-corrected chi connectivity index (χ0v) is 16.4. The Kier molecular flexibility index (Phi) is 6.04. The SMILES string of the molecule is CC(NC(=O)c1ccc(NC(=O)c2ccccc2)cc1)c1cccc(Br)c1. The number of halogens is 1. The van der Waals surface area contributed by atoms with Crippen molar-refractivity contribution in [1.82, 2.24) is 5.32 Å². The van der Waals surface area contributed by atoms with Gasteiger partial charge in [-0.1, -0.05) is 46.3 Å². The monoisotopic (exact) mass is 422 g/mol. The molecule has 27 heavy (non-hydrogen) atoms. The van der Waals surface area contributed by atoms with E-state index in [4.69, 9.17) is 0 Å². The minimum Gasteiger partial charge on any atom is -0.346 e. The summed E-state index contributed by atoms with van der Waals surface area (Å²) in [7, 11) is 0. The predicted molar refractivity (Wildman–Crippen MR) is 111 cm³/mol. The van der Waals surface area contributed by atoms with Crippen molar-refractivity contribution in [2.75, 3.05) is 5.32 Å². The molecule has 0 aliphatic carbocycles. The van der Waals surface area contributed by atoms with Crippen molar-refractivity contribution in [2.24, 2.45) is 0 Å². The lowest BCUT2D eigenvalue weighted by molar-refractivity contribution is 0.0939. The number of benzene rings is 3. The lowest BCUT2D eigenvalue weighted by atomic mass is 10.1. The minimum absolute atomic E-state index is 0.118. The van der Waals surface area contributed by atoms with E-state index in [0.717, 1.165) is 10.0 Å². The second-order valence-electron chi connectivity index (χ2n) is 6.15. The summed E-state index contributed by atoms with van der Waals surface area (Å²) in [5, 5.41) is 5.80. The Labute approximate surface area is 166 Å². The molecule has 2 amide bonds. The highest BCUT2D eigenvalue weighted by molar-refractivity contribution is 9.10. The van der Waals surface area contributed by atoms with Gasteiger partial charge in [-0.15, -0.1) is 0 Å². The number of rotatable bonds is 5. The molecule has 5 heteroatoms. The first-order valence-electron chi connectivity index (χ1n) is 8.56. The molecular weight excluding hydrogens is 404 g/mol. The number of amides is 2. The molecule has 0 aliphatic heterocycles. The maximum absolute atomic E-state index is 12.5. The fourth-order valence-electron chi connectivity index (χ4n) is 2.64. The van der Waals surface area contributed by atoms with Crippen LogP contribution in [0.2, 0.25) is 0 Å². The Bertz CT molecular complexity index is 940. The molecule has 0 spiro atoms. The van der Waals surface area contributed by atoms with Crippen LogP contribution in [-0.4, -0.2) is 11.8 Å². The zero-order chi connectivity index (χ0) is 19.2. The zero-order valence-electron chi connectivity index (χ0n) is 14.8. The van der Waals surface area contributed by atoms with Gasteiger partial charge in [-0.05, 0) is 61.0 Å². The Balaban J connectivity index is 1.62. The van der Waals surface area contributed by atoms with Crippen LogP contribution in [0, 0.1) is 0 Å². The highest BCUT2D eigenvalue weighted by Crippen LogP contribution is 2.19. The van der Waals surface area contributed by atoms with Gasteiger partial charge < -0.3 is 10.6 Å². The molecule has 3 rings (SSSR count). The Morgan fingerprint density at radius 3 is 2.15 bits per heavy atom. The van der Waals surface area contributed by atoms with Crippen LogP contribution < -0.4 is 10.6 Å². The summed E-state index contributed by atoms with van der Waals surface area (Å²) in [6.45, 7) is 1.94. The largest absolute Gasteiger partial charge is 0.346 e. The van der Waals surface area contributed by atoms with Crippen LogP contribution in [0.15, 0.2) is 83.3 Å². The Morgan fingerprint density at radius 2 is 1.48 bits per heavy atom. The number of hydrogen-bond donors (Lipinski definition) is 2. The first kappa shape index (κ1) is 18.9. The third kappa shape index (κ3) is 5.05. The van der Waals surface area contributed by atoms with Gasteiger partial charge in [0.15, 0.2) is 0 Å². The van der Waals surface area contributed by atoms with Gasteiger partial charge >= 0.3 is 0 Å². The molecule has 3 aromatic carbocycles. The summed E-state index contributed by atoms with van der Waals surface area (Å²) in [5.74, 6) is -0.348. The van der Waals surface area contributed by atoms with Gasteiger partial charge in [0.25, 0.3) is 11.8 Å². The van der Waals surface area contributed by atoms with Gasteiger partial charge in [0.1, 0.15) is 0 Å². The van der Waals surface area contributed by atoms with Crippen LogP contribution in [-0.2, 0) is 0 Å². The smallest absolute Gasteiger partial charge is 0.255 e. The lowest BCUT2D eigenvalue weighted by Gasteiger charge is -2.15. The molecule has 0 fully saturated rings. The third-order valence-corrected chi connectivity index (χ3v) is 4.63. The van der Waals surface area contributed by atoms with E-state index in [9.17, 15) is 9.59 Å². The topological polar surface area (TPSA) is 58.2 Å². The van der Waals surface area contributed by atoms with Crippen LogP contribution >= 0.6 is 15.9 Å². The standard InChI is InChI=1S/C22H19BrN2O2/c1-15(18-8-5-9-19(23)14-18)24-21(26)17-10-12-20(13-11-17)25-22(27)16-6-3-2-4-7-16/h2-15H,1H3,(H,24,26)(H,25,27). The van der Waals surface area contributed by atoms with Gasteiger partial charge in [0, 0.05) is 21.3 Å². The van der Waals surface area contributed by atoms with E-state index in [0.29, 0.717) is 16.8 Å². The number of nitrogens with one attached hydrogen (secondary N) is 2. The molecule has 1 atom stereocenters. The number of anilines is 1. The minimum atomic E-state index is -0.184. The summed E-state index contributed by atoms with van der Waals surface area (Å²) >= 11 is 3.44. The van der Waals surface area contributed by atoms with Crippen LogP contribution in [0.5, 0.6) is 0 Å². The second kappa shape index (κ2) is 8.64. The average Bonchev–Trinajstić information content (AvgIpc) is 2.69. The summed E-state index contributed by atoms with van der Waals surface area (Å²) in [5.41, 5.74) is 2.78. The first-order chi connectivity index (χ1) is 13.0. The molecule has 3 aromatic rings. The normalized spacial score (nSPS) is 11.5. The quantitative estimate of drug-likeness (QED) is 0.593. The van der Waals surface area contributed by atoms with Crippen LogP contribution in [0.1, 0.15) is 39.2 Å². The molecule has 4 nitrogen and oxygen atoms in total. The van der Waals surface area contributed by atoms with Crippen molar-refractivity contribution < 1.29 is 9.59 Å². The molecule has 1 unspecified atom stereocenters. The molecule has 2 N–H and O–H groups in total. The molecule has 0 saturated carbocycles. The molecule has 0 radical (unpaired) electrons. The van der Waals surface area contributed by atoms with Gasteiger partial charge in [-0.25, -0.2) is 0 Å². The van der Waals surface area contributed by atoms with Crippen LogP contribution in [0.3, 0.4) is 0 Å². The van der Waals surface area contributed by atoms with Gasteiger partial charge in [-0.3, -0.25) is 9.59 Å². The van der Waals surface area contributed by atoms with E-state index in [1.807, 2.05) is 49.4 Å². The second-order valence-corrected chi connectivity index (χ2v) is 7.06. The van der Waals surface area contributed by atoms with Crippen molar-refractivity contribution in [1.29, 1.82) is 0 Å². The van der Waals surface area contributed by atoms with Gasteiger partial charge in [0.2, 0.25) is 0 Å². The van der Waals surface area contributed by atoms with E-state index >= 15 is 0 Å². The fourth-order valence-corrected chi connectivity index (χ4v) is 3.05. The predicted octanol–water partition coefficient (Wildman–Crippen LogP) is 5.19. The van der Waals surface area contributed by atoms with Crippen molar-refractivity contribution in [3.8, 4) is 0 Å². The molecular formula is C22H19BrN2O2. The maximum atomic E-state index is 12.5. The number of hydrogen-bond acceptors (Lipinski definition) is 2. The van der Waals surface area contributed by atoms with Crippen molar-refractivity contribution in [3.63, 3.8) is 0 Å². The highest BCUT2D eigenvalue weighted by Gasteiger charge is 2.12. The molecule has 0 aliphatic rings. The highest BCUT2D eigenvalue weighted by atomic mass is 79.9. The molecule has 0 aromatic heterocycles. The first-order valence-corrected chi connectivity index (χ1v) is 9.35. The fraction of sp³-hybridized carbons (Fsp3) is 0.0909. The number of carbonyl (C=O) groups excluding carboxylic acids is 2. The Morgan fingerprint density at radius 1 is 0.815 bits per heavy atom.